The lowest BCUT2D eigenvalue weighted by molar-refractivity contribution is -0.135. The molecule has 5 N–H and O–H groups in total. The minimum atomic E-state index is -0.833. The number of carboxylic acid groups (broad SMARTS) is 2. The summed E-state index contributed by atoms with van der Waals surface area (Å²) in [6.07, 6.45) is 5.45. The minimum absolute atomic E-state index is 0.00379. The molecule has 33 heavy (non-hydrogen) atoms. The number of aromatic nitrogens is 2. The normalized spacial score (nSPS) is 11.7. The Morgan fingerprint density at radius 3 is 2.33 bits per heavy atom. The monoisotopic (exact) mass is 452 g/mol. The molecule has 0 bridgehead atoms. The van der Waals surface area contributed by atoms with E-state index in [1.54, 1.807) is 6.20 Å². The van der Waals surface area contributed by atoms with Gasteiger partial charge in [-0.2, -0.15) is 0 Å². The molecule has 1 aromatic heterocycles. The smallest absolute Gasteiger partial charge is 0.300 e. The highest BCUT2D eigenvalue weighted by atomic mass is 16.4. The summed E-state index contributed by atoms with van der Waals surface area (Å²) in [5.41, 5.74) is 10.7. The quantitative estimate of drug-likeness (QED) is 0.475. The van der Waals surface area contributed by atoms with Crippen LogP contribution in [0.25, 0.3) is 17.1 Å². The molecule has 0 fully saturated rings. The molecule has 9 heteroatoms. The van der Waals surface area contributed by atoms with Gasteiger partial charge in [0.05, 0.1) is 0 Å². The first-order valence-corrected chi connectivity index (χ1v) is 10.4. The van der Waals surface area contributed by atoms with Gasteiger partial charge in [0.15, 0.2) is 0 Å². The van der Waals surface area contributed by atoms with Crippen molar-refractivity contribution in [3.05, 3.63) is 71.5 Å². The number of amides is 1. The molecule has 0 unspecified atom stereocenters. The topological polar surface area (TPSA) is 148 Å². The Balaban J connectivity index is 0.000000420. The van der Waals surface area contributed by atoms with E-state index in [1.165, 1.54) is 5.56 Å². The van der Waals surface area contributed by atoms with Gasteiger partial charge in [-0.1, -0.05) is 30.3 Å². The van der Waals surface area contributed by atoms with Crippen molar-refractivity contribution in [2.24, 2.45) is 5.73 Å². The van der Waals surface area contributed by atoms with Crippen LogP contribution in [0.4, 0.5) is 0 Å². The van der Waals surface area contributed by atoms with E-state index in [0.29, 0.717) is 13.1 Å². The number of nitrogens with zero attached hydrogens (tertiary/aromatic N) is 2. The summed E-state index contributed by atoms with van der Waals surface area (Å²) in [6, 6.07) is 14.3. The number of nitrogens with two attached hydrogens (primary N) is 1. The average molecular weight is 453 g/mol. The molecule has 1 aliphatic rings. The van der Waals surface area contributed by atoms with E-state index in [9.17, 15) is 4.79 Å². The highest BCUT2D eigenvalue weighted by Crippen LogP contribution is 2.24. The first-order chi connectivity index (χ1) is 15.7. The molecule has 174 valence electrons. The van der Waals surface area contributed by atoms with Gasteiger partial charge in [0.25, 0.3) is 17.8 Å². The maximum absolute atomic E-state index is 12.1. The van der Waals surface area contributed by atoms with Gasteiger partial charge in [-0.25, -0.2) is 4.98 Å². The molecule has 2 heterocycles. The summed E-state index contributed by atoms with van der Waals surface area (Å²) in [5, 5.41) is 17.7. The zero-order valence-corrected chi connectivity index (χ0v) is 18.6. The zero-order valence-electron chi connectivity index (χ0n) is 18.6. The fourth-order valence-electron chi connectivity index (χ4n) is 3.26. The van der Waals surface area contributed by atoms with Gasteiger partial charge in [0.2, 0.25) is 0 Å². The molecule has 0 saturated carbocycles. The lowest BCUT2D eigenvalue weighted by Crippen LogP contribution is -2.31. The molecule has 9 nitrogen and oxygen atoms in total. The maximum Gasteiger partial charge on any atom is 0.300 e. The fraction of sp³-hybridized carbons (Fsp3) is 0.250. The van der Waals surface area contributed by atoms with Crippen LogP contribution in [0.1, 0.15) is 35.3 Å². The van der Waals surface area contributed by atoms with Crippen LogP contribution >= 0.6 is 0 Å². The Labute approximate surface area is 191 Å². The van der Waals surface area contributed by atoms with E-state index in [0.717, 1.165) is 54.9 Å². The third-order valence-corrected chi connectivity index (χ3v) is 4.58. The minimum Gasteiger partial charge on any atom is -0.481 e. The molecular formula is C24H28N4O5. The van der Waals surface area contributed by atoms with Crippen LogP contribution in [-0.4, -0.2) is 50.7 Å². The summed E-state index contributed by atoms with van der Waals surface area (Å²) < 4.78 is 2.01. The Morgan fingerprint density at radius 2 is 1.73 bits per heavy atom. The third-order valence-electron chi connectivity index (χ3n) is 4.58. The predicted molar refractivity (Wildman–Crippen MR) is 124 cm³/mol. The van der Waals surface area contributed by atoms with Gasteiger partial charge < -0.3 is 21.3 Å². The van der Waals surface area contributed by atoms with E-state index < -0.39 is 11.9 Å². The molecule has 1 aliphatic heterocycles. The van der Waals surface area contributed by atoms with Gasteiger partial charge in [0, 0.05) is 49.6 Å². The van der Waals surface area contributed by atoms with Gasteiger partial charge in [-0.3, -0.25) is 19.0 Å². The average Bonchev–Trinajstić information content (AvgIpc) is 3.24. The lowest BCUT2D eigenvalue weighted by atomic mass is 9.99. The van der Waals surface area contributed by atoms with Gasteiger partial charge in [0.1, 0.15) is 5.82 Å². The number of nitrogens with one attached hydrogen (secondary N) is 1. The highest BCUT2D eigenvalue weighted by molar-refractivity contribution is 5.97. The number of imidazole rings is 1. The number of carbonyl (C=O) groups is 3. The Morgan fingerprint density at radius 1 is 1.09 bits per heavy atom. The van der Waals surface area contributed by atoms with Crippen LogP contribution in [0.15, 0.2) is 54.9 Å². The van der Waals surface area contributed by atoms with E-state index in [-0.39, 0.29) is 5.91 Å². The lowest BCUT2D eigenvalue weighted by Gasteiger charge is -2.18. The van der Waals surface area contributed by atoms with Gasteiger partial charge in [-0.15, -0.1) is 0 Å². The number of fused-ring (bicyclic) bond motifs is 1. The zero-order chi connectivity index (χ0) is 24.4. The molecule has 1 amide bonds. The highest BCUT2D eigenvalue weighted by Gasteiger charge is 2.18. The Hall–Kier alpha value is -3.98. The standard InChI is InChI=1S/C20H20N4O.2C2H4O2/c21-9-7-14-1-3-16(4-2-14)19-22-11-12-24(19)17-6-5-15-8-10-23-20(25)18(15)13-17;2*1-2(3)4/h1-6,11-13H,7-10,21H2,(H,23,25);2*1H3,(H,3,4). The van der Waals surface area contributed by atoms with E-state index in [2.05, 4.69) is 34.6 Å². The molecular weight excluding hydrogens is 424 g/mol. The number of carboxylic acids is 2. The van der Waals surface area contributed by atoms with Crippen LogP contribution < -0.4 is 11.1 Å². The summed E-state index contributed by atoms with van der Waals surface area (Å²) in [6.45, 7) is 3.52. The number of carbonyl (C=O) groups excluding carboxylic acids is 1. The van der Waals surface area contributed by atoms with Crippen LogP contribution in [0.2, 0.25) is 0 Å². The summed E-state index contributed by atoms with van der Waals surface area (Å²) in [4.78, 5) is 34.6. The van der Waals surface area contributed by atoms with Crippen molar-refractivity contribution in [1.29, 1.82) is 0 Å². The number of benzene rings is 2. The van der Waals surface area contributed by atoms with E-state index in [4.69, 9.17) is 25.5 Å². The summed E-state index contributed by atoms with van der Waals surface area (Å²) in [5.74, 6) is -0.814. The van der Waals surface area contributed by atoms with Crippen molar-refractivity contribution < 1.29 is 24.6 Å². The predicted octanol–water partition coefficient (Wildman–Crippen LogP) is 2.51. The fourth-order valence-corrected chi connectivity index (χ4v) is 3.26. The molecule has 3 aromatic rings. The van der Waals surface area contributed by atoms with Crippen LogP contribution in [0.3, 0.4) is 0 Å². The molecule has 0 aliphatic carbocycles. The van der Waals surface area contributed by atoms with Crippen molar-refractivity contribution in [3.63, 3.8) is 0 Å². The van der Waals surface area contributed by atoms with Gasteiger partial charge >= 0.3 is 0 Å². The molecule has 4 rings (SSSR count). The summed E-state index contributed by atoms with van der Waals surface area (Å²) in [7, 11) is 0. The van der Waals surface area contributed by atoms with Crippen molar-refractivity contribution in [1.82, 2.24) is 14.9 Å². The second-order valence-electron chi connectivity index (χ2n) is 7.24. The Kier molecular flexibility index (Phi) is 9.31. The first kappa shape index (κ1) is 25.3. The number of hydrogen-bond donors (Lipinski definition) is 4. The number of aliphatic carboxylic acids is 2. The van der Waals surface area contributed by atoms with Crippen LogP contribution in [0, 0.1) is 0 Å². The van der Waals surface area contributed by atoms with Gasteiger partial charge in [-0.05, 0) is 42.6 Å². The van der Waals surface area contributed by atoms with Crippen molar-refractivity contribution >= 4 is 17.8 Å². The molecule has 0 saturated heterocycles. The molecule has 0 spiro atoms. The van der Waals surface area contributed by atoms with Crippen molar-refractivity contribution in [2.45, 2.75) is 26.7 Å². The van der Waals surface area contributed by atoms with Crippen LogP contribution in [-0.2, 0) is 22.4 Å². The largest absolute Gasteiger partial charge is 0.481 e. The van der Waals surface area contributed by atoms with E-state index in [1.807, 2.05) is 29.0 Å². The molecule has 0 atom stereocenters. The number of rotatable bonds is 4. The van der Waals surface area contributed by atoms with Crippen molar-refractivity contribution in [2.75, 3.05) is 13.1 Å². The van der Waals surface area contributed by atoms with Crippen LogP contribution in [0.5, 0.6) is 0 Å². The third kappa shape index (κ3) is 7.58. The summed E-state index contributed by atoms with van der Waals surface area (Å²) >= 11 is 0. The van der Waals surface area contributed by atoms with Crippen molar-refractivity contribution in [3.8, 4) is 17.1 Å². The first-order valence-electron chi connectivity index (χ1n) is 10.4. The number of hydrogen-bond acceptors (Lipinski definition) is 5. The second-order valence-corrected chi connectivity index (χ2v) is 7.24. The Bertz CT molecular complexity index is 1090. The molecule has 0 radical (unpaired) electrons. The van der Waals surface area contributed by atoms with E-state index >= 15 is 0 Å². The maximum atomic E-state index is 12.1. The second kappa shape index (κ2) is 12.2. The molecule has 2 aromatic carbocycles. The SMILES string of the molecule is CC(=O)O.CC(=O)O.NCCc1ccc(-c2nccn2-c2ccc3c(c2)C(=O)NCC3)cc1.